The van der Waals surface area contributed by atoms with Crippen LogP contribution in [-0.4, -0.2) is 41.0 Å². The highest BCUT2D eigenvalue weighted by molar-refractivity contribution is 4.94. The van der Waals surface area contributed by atoms with E-state index in [-0.39, 0.29) is 0 Å². The van der Waals surface area contributed by atoms with Crippen LogP contribution in [-0.2, 0) is 0 Å². The summed E-state index contributed by atoms with van der Waals surface area (Å²) in [6.45, 7) is 4.60. The molecule has 4 nitrogen and oxygen atoms in total. The van der Waals surface area contributed by atoms with Crippen molar-refractivity contribution in [1.82, 2.24) is 20.2 Å². The molecule has 2 unspecified atom stereocenters. The van der Waals surface area contributed by atoms with Crippen molar-refractivity contribution < 1.29 is 0 Å². The highest BCUT2D eigenvalue weighted by Crippen LogP contribution is 2.14. The molecule has 0 aromatic carbocycles. The van der Waals surface area contributed by atoms with E-state index in [1.54, 1.807) is 0 Å². The number of rotatable bonds is 3. The maximum atomic E-state index is 4.29. The number of H-pyrrole nitrogens is 1. The summed E-state index contributed by atoms with van der Waals surface area (Å²) in [5, 5.41) is 3.66. The third-order valence-corrected chi connectivity index (χ3v) is 3.37. The van der Waals surface area contributed by atoms with E-state index in [2.05, 4.69) is 34.2 Å². The fourth-order valence-corrected chi connectivity index (χ4v) is 2.35. The summed E-state index contributed by atoms with van der Waals surface area (Å²) in [7, 11) is 2.21. The molecule has 1 fully saturated rings. The lowest BCUT2D eigenvalue weighted by Crippen LogP contribution is -2.32. The molecule has 2 N–H and O–H groups in total. The summed E-state index contributed by atoms with van der Waals surface area (Å²) in [4.78, 5) is 9.87. The van der Waals surface area contributed by atoms with Gasteiger partial charge in [-0.3, -0.25) is 0 Å². The van der Waals surface area contributed by atoms with Crippen LogP contribution in [0.15, 0.2) is 12.4 Å². The Bertz CT molecular complexity index is 296. The second kappa shape index (κ2) is 5.46. The van der Waals surface area contributed by atoms with Crippen LogP contribution in [0.3, 0.4) is 0 Å². The monoisotopic (exact) mass is 222 g/mol. The van der Waals surface area contributed by atoms with E-state index in [4.69, 9.17) is 0 Å². The highest BCUT2D eigenvalue weighted by Gasteiger charge is 2.17. The van der Waals surface area contributed by atoms with E-state index < -0.39 is 0 Å². The summed E-state index contributed by atoms with van der Waals surface area (Å²) < 4.78 is 0. The molecule has 0 saturated carbocycles. The highest BCUT2D eigenvalue weighted by atomic mass is 15.1. The molecule has 1 aliphatic heterocycles. The molecular weight excluding hydrogens is 200 g/mol. The van der Waals surface area contributed by atoms with Crippen LogP contribution >= 0.6 is 0 Å². The van der Waals surface area contributed by atoms with Crippen LogP contribution in [0.25, 0.3) is 0 Å². The van der Waals surface area contributed by atoms with Gasteiger partial charge in [0.25, 0.3) is 0 Å². The summed E-state index contributed by atoms with van der Waals surface area (Å²) in [5.41, 5.74) is 0. The second-order valence-electron chi connectivity index (χ2n) is 4.79. The van der Waals surface area contributed by atoms with Crippen LogP contribution in [0.2, 0.25) is 0 Å². The fraction of sp³-hybridized carbons (Fsp3) is 0.750. The Balaban J connectivity index is 1.84. The van der Waals surface area contributed by atoms with Gasteiger partial charge in [0.15, 0.2) is 0 Å². The van der Waals surface area contributed by atoms with E-state index in [0.717, 1.165) is 5.82 Å². The van der Waals surface area contributed by atoms with Crippen LogP contribution in [0.5, 0.6) is 0 Å². The van der Waals surface area contributed by atoms with Gasteiger partial charge >= 0.3 is 0 Å². The zero-order valence-electron chi connectivity index (χ0n) is 10.2. The van der Waals surface area contributed by atoms with Crippen LogP contribution in [0.4, 0.5) is 0 Å². The quantitative estimate of drug-likeness (QED) is 0.815. The minimum atomic E-state index is 0.323. The smallest absolute Gasteiger partial charge is 0.122 e. The van der Waals surface area contributed by atoms with E-state index in [1.807, 2.05) is 12.4 Å². The number of likely N-dealkylation sites (tertiary alicyclic amines) is 1. The average Bonchev–Trinajstić information content (AvgIpc) is 2.72. The Kier molecular flexibility index (Phi) is 3.96. The molecule has 1 saturated heterocycles. The van der Waals surface area contributed by atoms with Gasteiger partial charge < -0.3 is 15.2 Å². The molecule has 1 aliphatic rings. The number of aromatic amines is 1. The third kappa shape index (κ3) is 3.06. The standard InChI is InChI=1S/C12H22N4/c1-10(12-13-6-7-14-12)15-11-4-3-8-16(2)9-5-11/h6-7,10-11,15H,3-5,8-9H2,1-2H3,(H,13,14). The molecule has 4 heteroatoms. The van der Waals surface area contributed by atoms with E-state index in [1.165, 1.54) is 32.4 Å². The molecule has 0 bridgehead atoms. The molecule has 0 aliphatic carbocycles. The number of hydrogen-bond donors (Lipinski definition) is 2. The Morgan fingerprint density at radius 3 is 3.12 bits per heavy atom. The Morgan fingerprint density at radius 2 is 2.38 bits per heavy atom. The maximum Gasteiger partial charge on any atom is 0.122 e. The molecule has 0 amide bonds. The SMILES string of the molecule is CC(NC1CCCN(C)CC1)c1ncc[nH]1. The topological polar surface area (TPSA) is 44.0 Å². The van der Waals surface area contributed by atoms with Crippen molar-refractivity contribution in [2.75, 3.05) is 20.1 Å². The summed E-state index contributed by atoms with van der Waals surface area (Å²) in [6, 6.07) is 0.952. The molecule has 0 spiro atoms. The first-order valence-electron chi connectivity index (χ1n) is 6.19. The van der Waals surface area contributed by atoms with Crippen LogP contribution in [0.1, 0.15) is 38.1 Å². The van der Waals surface area contributed by atoms with Crippen molar-refractivity contribution in [2.24, 2.45) is 0 Å². The van der Waals surface area contributed by atoms with Gasteiger partial charge in [-0.2, -0.15) is 0 Å². The molecule has 16 heavy (non-hydrogen) atoms. The van der Waals surface area contributed by atoms with Crippen molar-refractivity contribution in [1.29, 1.82) is 0 Å². The Hall–Kier alpha value is -0.870. The number of imidazole rings is 1. The first-order valence-corrected chi connectivity index (χ1v) is 6.19. The molecule has 2 heterocycles. The van der Waals surface area contributed by atoms with Crippen molar-refractivity contribution in [2.45, 2.75) is 38.3 Å². The number of aromatic nitrogens is 2. The van der Waals surface area contributed by atoms with Crippen molar-refractivity contribution in [3.8, 4) is 0 Å². The predicted octanol–water partition coefficient (Wildman–Crippen LogP) is 1.54. The van der Waals surface area contributed by atoms with Crippen LogP contribution < -0.4 is 5.32 Å². The first-order chi connectivity index (χ1) is 7.75. The average molecular weight is 222 g/mol. The fourth-order valence-electron chi connectivity index (χ4n) is 2.35. The Labute approximate surface area is 97.4 Å². The van der Waals surface area contributed by atoms with Gasteiger partial charge in [0, 0.05) is 18.4 Å². The second-order valence-corrected chi connectivity index (χ2v) is 4.79. The zero-order chi connectivity index (χ0) is 11.4. The van der Waals surface area contributed by atoms with Gasteiger partial charge in [-0.15, -0.1) is 0 Å². The van der Waals surface area contributed by atoms with Gasteiger partial charge in [-0.1, -0.05) is 0 Å². The van der Waals surface area contributed by atoms with Gasteiger partial charge in [-0.05, 0) is 46.3 Å². The van der Waals surface area contributed by atoms with Crippen molar-refractivity contribution in [3.63, 3.8) is 0 Å². The van der Waals surface area contributed by atoms with Gasteiger partial charge in [0.05, 0.1) is 6.04 Å². The van der Waals surface area contributed by atoms with Gasteiger partial charge in [0.1, 0.15) is 5.82 Å². The molecule has 2 atom stereocenters. The van der Waals surface area contributed by atoms with E-state index in [0.29, 0.717) is 12.1 Å². The lowest BCUT2D eigenvalue weighted by molar-refractivity contribution is 0.339. The lowest BCUT2D eigenvalue weighted by atomic mass is 10.1. The van der Waals surface area contributed by atoms with Gasteiger partial charge in [-0.25, -0.2) is 4.98 Å². The molecule has 90 valence electrons. The van der Waals surface area contributed by atoms with Crippen molar-refractivity contribution >= 4 is 0 Å². The largest absolute Gasteiger partial charge is 0.347 e. The zero-order valence-corrected chi connectivity index (χ0v) is 10.2. The van der Waals surface area contributed by atoms with Crippen molar-refractivity contribution in [3.05, 3.63) is 18.2 Å². The van der Waals surface area contributed by atoms with E-state index >= 15 is 0 Å². The van der Waals surface area contributed by atoms with Crippen LogP contribution in [0, 0.1) is 0 Å². The van der Waals surface area contributed by atoms with E-state index in [9.17, 15) is 0 Å². The van der Waals surface area contributed by atoms with Gasteiger partial charge in [0.2, 0.25) is 0 Å². The number of hydrogen-bond acceptors (Lipinski definition) is 3. The summed E-state index contributed by atoms with van der Waals surface area (Å²) >= 11 is 0. The molecular formula is C12H22N4. The lowest BCUT2D eigenvalue weighted by Gasteiger charge is -2.20. The molecule has 0 radical (unpaired) electrons. The number of nitrogens with one attached hydrogen (secondary N) is 2. The Morgan fingerprint density at radius 1 is 1.50 bits per heavy atom. The maximum absolute atomic E-state index is 4.29. The minimum absolute atomic E-state index is 0.323. The molecule has 2 rings (SSSR count). The normalized spacial score (nSPS) is 25.2. The predicted molar refractivity (Wildman–Crippen MR) is 65.3 cm³/mol. The third-order valence-electron chi connectivity index (χ3n) is 3.37. The summed E-state index contributed by atoms with van der Waals surface area (Å²) in [5.74, 6) is 1.04. The summed E-state index contributed by atoms with van der Waals surface area (Å²) in [6.07, 6.45) is 7.50. The number of nitrogens with zero attached hydrogens (tertiary/aromatic N) is 2. The molecule has 1 aromatic heterocycles. The molecule has 1 aromatic rings. The minimum Gasteiger partial charge on any atom is -0.347 e. The first kappa shape index (κ1) is 11.6.